The van der Waals surface area contributed by atoms with Crippen LogP contribution in [0.3, 0.4) is 0 Å². The molecule has 1 N–H and O–H groups in total. The molecule has 0 spiro atoms. The second-order valence-corrected chi connectivity index (χ2v) is 4.69. The van der Waals surface area contributed by atoms with Gasteiger partial charge in [0.1, 0.15) is 0 Å². The van der Waals surface area contributed by atoms with Gasteiger partial charge in [-0.2, -0.15) is 0 Å². The monoisotopic (exact) mass is 226 g/mol. The van der Waals surface area contributed by atoms with Crippen LogP contribution in [0.1, 0.15) is 46.0 Å². The van der Waals surface area contributed by atoms with Crippen LogP contribution in [-0.2, 0) is 9.59 Å². The molecule has 16 heavy (non-hydrogen) atoms. The number of hydrogen-bond acceptors (Lipinski definition) is 2. The summed E-state index contributed by atoms with van der Waals surface area (Å²) in [5, 5.41) is 2.45. The van der Waals surface area contributed by atoms with Gasteiger partial charge in [-0.3, -0.25) is 9.59 Å². The van der Waals surface area contributed by atoms with Crippen molar-refractivity contribution in [3.63, 3.8) is 0 Å². The molecule has 0 aromatic carbocycles. The lowest BCUT2D eigenvalue weighted by Crippen LogP contribution is -2.48. The zero-order valence-corrected chi connectivity index (χ0v) is 10.2. The van der Waals surface area contributed by atoms with Crippen LogP contribution in [0.25, 0.3) is 0 Å². The van der Waals surface area contributed by atoms with Crippen LogP contribution in [0.5, 0.6) is 0 Å². The predicted octanol–water partition coefficient (Wildman–Crippen LogP) is 1.30. The van der Waals surface area contributed by atoms with Crippen LogP contribution >= 0.6 is 0 Å². The molecule has 1 fully saturated rings. The maximum atomic E-state index is 11.9. The highest BCUT2D eigenvalue weighted by atomic mass is 16.2. The van der Waals surface area contributed by atoms with Crippen molar-refractivity contribution in [3.8, 4) is 0 Å². The Bertz CT molecular complexity index is 235. The summed E-state index contributed by atoms with van der Waals surface area (Å²) in [6, 6.07) is 0.582. The molecule has 0 saturated heterocycles. The van der Waals surface area contributed by atoms with E-state index in [9.17, 15) is 9.59 Å². The van der Waals surface area contributed by atoms with Gasteiger partial charge >= 0.3 is 0 Å². The molecule has 1 saturated carbocycles. The number of nitrogens with zero attached hydrogens (tertiary/aromatic N) is 1. The minimum absolute atomic E-state index is 0.0361. The van der Waals surface area contributed by atoms with Gasteiger partial charge in [-0.15, -0.1) is 0 Å². The highest BCUT2D eigenvalue weighted by Crippen LogP contribution is 2.24. The summed E-state index contributed by atoms with van der Waals surface area (Å²) in [4.78, 5) is 24.1. The molecule has 4 heteroatoms. The summed E-state index contributed by atoms with van der Waals surface area (Å²) < 4.78 is 0. The predicted molar refractivity (Wildman–Crippen MR) is 62.9 cm³/mol. The molecular weight excluding hydrogens is 204 g/mol. The zero-order valence-electron chi connectivity index (χ0n) is 10.2. The van der Waals surface area contributed by atoms with E-state index in [-0.39, 0.29) is 18.5 Å². The van der Waals surface area contributed by atoms with Gasteiger partial charge in [-0.1, -0.05) is 19.3 Å². The van der Waals surface area contributed by atoms with Crippen molar-refractivity contribution in [2.24, 2.45) is 0 Å². The van der Waals surface area contributed by atoms with Crippen molar-refractivity contribution in [2.75, 3.05) is 6.54 Å². The molecule has 1 aliphatic rings. The molecule has 0 aromatic heterocycles. The van der Waals surface area contributed by atoms with Crippen molar-refractivity contribution in [2.45, 2.75) is 58.0 Å². The smallest absolute Gasteiger partial charge is 0.242 e. The van der Waals surface area contributed by atoms with Crippen LogP contribution in [0.2, 0.25) is 0 Å². The van der Waals surface area contributed by atoms with Gasteiger partial charge in [0.25, 0.3) is 0 Å². The van der Waals surface area contributed by atoms with Crippen molar-refractivity contribution < 1.29 is 9.59 Å². The van der Waals surface area contributed by atoms with Gasteiger partial charge in [-0.25, -0.2) is 0 Å². The summed E-state index contributed by atoms with van der Waals surface area (Å²) in [5.74, 6) is 0.0361. The SMILES string of the molecule is CC(C)N(C(=O)CNC=O)C1CCCCC1. The molecule has 0 heterocycles. The first-order valence-corrected chi connectivity index (χ1v) is 6.15. The van der Waals surface area contributed by atoms with Crippen molar-refractivity contribution in [3.05, 3.63) is 0 Å². The molecule has 0 atom stereocenters. The highest BCUT2D eigenvalue weighted by molar-refractivity contribution is 5.80. The Balaban J connectivity index is 2.57. The summed E-state index contributed by atoms with van der Waals surface area (Å²) >= 11 is 0. The molecule has 0 unspecified atom stereocenters. The third-order valence-corrected chi connectivity index (χ3v) is 3.15. The number of rotatable bonds is 5. The van der Waals surface area contributed by atoms with E-state index in [1.807, 2.05) is 18.7 Å². The lowest BCUT2D eigenvalue weighted by atomic mass is 9.93. The molecule has 0 aliphatic heterocycles. The minimum Gasteiger partial charge on any atom is -0.350 e. The topological polar surface area (TPSA) is 49.4 Å². The van der Waals surface area contributed by atoms with E-state index in [1.165, 1.54) is 19.3 Å². The summed E-state index contributed by atoms with van der Waals surface area (Å²) in [7, 11) is 0. The van der Waals surface area contributed by atoms with E-state index < -0.39 is 0 Å². The van der Waals surface area contributed by atoms with E-state index in [4.69, 9.17) is 0 Å². The summed E-state index contributed by atoms with van der Waals surface area (Å²) in [6.07, 6.45) is 6.49. The molecular formula is C12H22N2O2. The number of carbonyl (C=O) groups is 2. The van der Waals surface area contributed by atoms with Crippen LogP contribution in [0.15, 0.2) is 0 Å². The average Bonchev–Trinajstić information content (AvgIpc) is 2.27. The molecule has 1 rings (SSSR count). The Labute approximate surface area is 97.4 Å². The fraction of sp³-hybridized carbons (Fsp3) is 0.833. The molecule has 0 bridgehead atoms. The first-order valence-electron chi connectivity index (χ1n) is 6.15. The molecule has 0 aromatic rings. The molecule has 2 amide bonds. The lowest BCUT2D eigenvalue weighted by molar-refractivity contribution is -0.136. The summed E-state index contributed by atoms with van der Waals surface area (Å²) in [5.41, 5.74) is 0. The van der Waals surface area contributed by atoms with Gasteiger partial charge in [-0.05, 0) is 26.7 Å². The van der Waals surface area contributed by atoms with Gasteiger partial charge in [0, 0.05) is 12.1 Å². The summed E-state index contributed by atoms with van der Waals surface area (Å²) in [6.45, 7) is 4.19. The maximum Gasteiger partial charge on any atom is 0.242 e. The van der Waals surface area contributed by atoms with Gasteiger partial charge in [0.2, 0.25) is 12.3 Å². The first kappa shape index (κ1) is 13.0. The van der Waals surface area contributed by atoms with Crippen molar-refractivity contribution in [1.82, 2.24) is 10.2 Å². The van der Waals surface area contributed by atoms with Crippen molar-refractivity contribution in [1.29, 1.82) is 0 Å². The van der Waals surface area contributed by atoms with E-state index in [2.05, 4.69) is 5.32 Å². The van der Waals surface area contributed by atoms with Gasteiger partial charge in [0.05, 0.1) is 6.54 Å². The zero-order chi connectivity index (χ0) is 12.0. The van der Waals surface area contributed by atoms with Crippen LogP contribution in [-0.4, -0.2) is 35.8 Å². The lowest BCUT2D eigenvalue weighted by Gasteiger charge is -2.37. The Morgan fingerprint density at radius 3 is 2.50 bits per heavy atom. The minimum atomic E-state index is 0.0361. The molecule has 1 aliphatic carbocycles. The Morgan fingerprint density at radius 1 is 1.38 bits per heavy atom. The first-order chi connectivity index (χ1) is 7.66. The van der Waals surface area contributed by atoms with E-state index in [0.29, 0.717) is 12.5 Å². The van der Waals surface area contributed by atoms with Gasteiger partial charge in [0.15, 0.2) is 0 Å². The molecule has 92 valence electrons. The number of hydrogen-bond donors (Lipinski definition) is 1. The Morgan fingerprint density at radius 2 is 2.00 bits per heavy atom. The normalized spacial score (nSPS) is 17.2. The quantitative estimate of drug-likeness (QED) is 0.718. The Kier molecular flexibility index (Phi) is 5.29. The maximum absolute atomic E-state index is 11.9. The average molecular weight is 226 g/mol. The second kappa shape index (κ2) is 6.51. The Hall–Kier alpha value is -1.06. The highest BCUT2D eigenvalue weighted by Gasteiger charge is 2.26. The third kappa shape index (κ3) is 3.51. The second-order valence-electron chi connectivity index (χ2n) is 4.69. The third-order valence-electron chi connectivity index (χ3n) is 3.15. The fourth-order valence-electron chi connectivity index (χ4n) is 2.49. The number of nitrogens with one attached hydrogen (secondary N) is 1. The van der Waals surface area contributed by atoms with E-state index in [0.717, 1.165) is 12.8 Å². The molecule has 0 radical (unpaired) electrons. The molecule has 4 nitrogen and oxygen atoms in total. The van der Waals surface area contributed by atoms with Gasteiger partial charge < -0.3 is 10.2 Å². The number of amides is 2. The van der Waals surface area contributed by atoms with Crippen molar-refractivity contribution >= 4 is 12.3 Å². The van der Waals surface area contributed by atoms with Crippen LogP contribution < -0.4 is 5.32 Å². The standard InChI is InChI=1S/C12H22N2O2/c1-10(2)14(12(16)8-13-9-15)11-6-4-3-5-7-11/h9-11H,3-8H2,1-2H3,(H,13,15). The largest absolute Gasteiger partial charge is 0.350 e. The number of carbonyl (C=O) groups excluding carboxylic acids is 2. The fourth-order valence-corrected chi connectivity index (χ4v) is 2.49. The van der Waals surface area contributed by atoms with E-state index in [1.54, 1.807) is 0 Å². The van der Waals surface area contributed by atoms with E-state index >= 15 is 0 Å². The van der Waals surface area contributed by atoms with Crippen LogP contribution in [0, 0.1) is 0 Å². The van der Waals surface area contributed by atoms with Crippen LogP contribution in [0.4, 0.5) is 0 Å².